The zero-order valence-corrected chi connectivity index (χ0v) is 11.8. The first-order valence-electron chi connectivity index (χ1n) is 6.58. The molecule has 0 saturated heterocycles. The van der Waals surface area contributed by atoms with Crippen molar-refractivity contribution in [3.63, 3.8) is 0 Å². The average molecular weight is 275 g/mol. The van der Waals surface area contributed by atoms with Gasteiger partial charge in [0.15, 0.2) is 0 Å². The zero-order chi connectivity index (χ0) is 14.5. The molecule has 0 aromatic carbocycles. The van der Waals surface area contributed by atoms with Crippen molar-refractivity contribution >= 4 is 5.97 Å². The van der Waals surface area contributed by atoms with Crippen LogP contribution in [0.3, 0.4) is 0 Å². The standard InChI is InChI=1S/C14H17N3O3/c1-4-10(14(18)19-5-2)13-16-12(17-20-13)11-8-15-7-6-9(11)3/h6-8,10H,4-5H2,1-3H3. The fourth-order valence-corrected chi connectivity index (χ4v) is 1.87. The molecule has 1 atom stereocenters. The van der Waals surface area contributed by atoms with Crippen molar-refractivity contribution in [3.05, 3.63) is 29.9 Å². The molecule has 0 fully saturated rings. The molecule has 20 heavy (non-hydrogen) atoms. The van der Waals surface area contributed by atoms with Crippen LogP contribution >= 0.6 is 0 Å². The van der Waals surface area contributed by atoms with Gasteiger partial charge in [-0.2, -0.15) is 4.98 Å². The van der Waals surface area contributed by atoms with E-state index in [0.717, 1.165) is 11.1 Å². The molecule has 0 bridgehead atoms. The van der Waals surface area contributed by atoms with E-state index in [1.54, 1.807) is 19.3 Å². The van der Waals surface area contributed by atoms with E-state index < -0.39 is 5.92 Å². The Kier molecular flexibility index (Phi) is 4.45. The van der Waals surface area contributed by atoms with Crippen LogP contribution in [0.1, 0.15) is 37.6 Å². The average Bonchev–Trinajstić information content (AvgIpc) is 2.90. The van der Waals surface area contributed by atoms with E-state index in [1.165, 1.54) is 0 Å². The molecule has 2 aromatic rings. The second-order valence-electron chi connectivity index (χ2n) is 4.36. The van der Waals surface area contributed by atoms with Gasteiger partial charge in [-0.05, 0) is 31.9 Å². The third-order valence-electron chi connectivity index (χ3n) is 3.00. The number of hydrogen-bond donors (Lipinski definition) is 0. The van der Waals surface area contributed by atoms with Gasteiger partial charge in [0.25, 0.3) is 0 Å². The van der Waals surface area contributed by atoms with Gasteiger partial charge in [0.1, 0.15) is 5.92 Å². The smallest absolute Gasteiger partial charge is 0.318 e. The molecule has 6 nitrogen and oxygen atoms in total. The van der Waals surface area contributed by atoms with Gasteiger partial charge in [-0.15, -0.1) is 0 Å². The molecule has 6 heteroatoms. The van der Waals surface area contributed by atoms with Crippen LogP contribution in [-0.2, 0) is 9.53 Å². The number of rotatable bonds is 5. The number of carbonyl (C=O) groups is 1. The first-order valence-corrected chi connectivity index (χ1v) is 6.58. The summed E-state index contributed by atoms with van der Waals surface area (Å²) in [6, 6.07) is 1.87. The van der Waals surface area contributed by atoms with Crippen LogP contribution in [0.15, 0.2) is 23.0 Å². The van der Waals surface area contributed by atoms with E-state index in [1.807, 2.05) is 19.9 Å². The van der Waals surface area contributed by atoms with Crippen molar-refractivity contribution in [1.82, 2.24) is 15.1 Å². The predicted octanol–water partition coefficient (Wildman–Crippen LogP) is 2.50. The molecule has 2 heterocycles. The normalized spacial score (nSPS) is 12.2. The highest BCUT2D eigenvalue weighted by Crippen LogP contribution is 2.24. The van der Waals surface area contributed by atoms with Gasteiger partial charge in [-0.1, -0.05) is 12.1 Å². The first kappa shape index (κ1) is 14.2. The summed E-state index contributed by atoms with van der Waals surface area (Å²) in [5.41, 5.74) is 1.79. The molecule has 0 aliphatic carbocycles. The summed E-state index contributed by atoms with van der Waals surface area (Å²) in [5, 5.41) is 3.92. The Balaban J connectivity index is 2.28. The van der Waals surface area contributed by atoms with Gasteiger partial charge in [0.05, 0.1) is 6.61 Å². The molecule has 0 spiro atoms. The SMILES string of the molecule is CCOC(=O)C(CC)c1nc(-c2cnccc2C)no1. The Hall–Kier alpha value is -2.24. The number of aryl methyl sites for hydroxylation is 1. The summed E-state index contributed by atoms with van der Waals surface area (Å²) in [6.07, 6.45) is 3.93. The molecule has 2 rings (SSSR count). The fourth-order valence-electron chi connectivity index (χ4n) is 1.87. The third kappa shape index (κ3) is 2.84. The Bertz CT molecular complexity index is 595. The van der Waals surface area contributed by atoms with E-state index in [-0.39, 0.29) is 11.9 Å². The van der Waals surface area contributed by atoms with Gasteiger partial charge < -0.3 is 9.26 Å². The van der Waals surface area contributed by atoms with Crippen molar-refractivity contribution in [2.75, 3.05) is 6.61 Å². The van der Waals surface area contributed by atoms with Gasteiger partial charge in [0, 0.05) is 18.0 Å². The first-order chi connectivity index (χ1) is 9.67. The highest BCUT2D eigenvalue weighted by molar-refractivity contribution is 5.76. The number of nitrogens with zero attached hydrogens (tertiary/aromatic N) is 3. The van der Waals surface area contributed by atoms with Crippen LogP contribution in [0.2, 0.25) is 0 Å². The minimum Gasteiger partial charge on any atom is -0.465 e. The number of aromatic nitrogens is 3. The number of carbonyl (C=O) groups excluding carboxylic acids is 1. The van der Waals surface area contributed by atoms with E-state index >= 15 is 0 Å². The van der Waals surface area contributed by atoms with E-state index in [4.69, 9.17) is 9.26 Å². The number of pyridine rings is 1. The van der Waals surface area contributed by atoms with E-state index in [2.05, 4.69) is 15.1 Å². The fraction of sp³-hybridized carbons (Fsp3) is 0.429. The minimum atomic E-state index is -0.520. The van der Waals surface area contributed by atoms with Gasteiger partial charge in [0.2, 0.25) is 11.7 Å². The minimum absolute atomic E-state index is 0.282. The van der Waals surface area contributed by atoms with Crippen molar-refractivity contribution in [2.45, 2.75) is 33.1 Å². The Morgan fingerprint density at radius 1 is 1.45 bits per heavy atom. The number of hydrogen-bond acceptors (Lipinski definition) is 6. The van der Waals surface area contributed by atoms with Crippen LogP contribution in [0.4, 0.5) is 0 Å². The lowest BCUT2D eigenvalue weighted by atomic mass is 10.1. The van der Waals surface area contributed by atoms with Crippen LogP contribution in [0.5, 0.6) is 0 Å². The predicted molar refractivity (Wildman–Crippen MR) is 71.9 cm³/mol. The number of esters is 1. The lowest BCUT2D eigenvalue weighted by molar-refractivity contribution is -0.145. The third-order valence-corrected chi connectivity index (χ3v) is 3.00. The van der Waals surface area contributed by atoms with Crippen LogP contribution in [0, 0.1) is 6.92 Å². The van der Waals surface area contributed by atoms with Crippen LogP contribution in [0.25, 0.3) is 11.4 Å². The Labute approximate surface area is 117 Å². The second kappa shape index (κ2) is 6.27. The molecule has 0 aliphatic rings. The summed E-state index contributed by atoms with van der Waals surface area (Å²) in [6.45, 7) is 5.91. The molecular weight excluding hydrogens is 258 g/mol. The van der Waals surface area contributed by atoms with Gasteiger partial charge in [-0.3, -0.25) is 9.78 Å². The summed E-state index contributed by atoms with van der Waals surface area (Å²) in [7, 11) is 0. The van der Waals surface area contributed by atoms with Crippen LogP contribution < -0.4 is 0 Å². The van der Waals surface area contributed by atoms with Crippen molar-refractivity contribution in [1.29, 1.82) is 0 Å². The lowest BCUT2D eigenvalue weighted by Crippen LogP contribution is -2.15. The molecule has 0 saturated carbocycles. The van der Waals surface area contributed by atoms with Crippen molar-refractivity contribution < 1.29 is 14.1 Å². The highest BCUT2D eigenvalue weighted by atomic mass is 16.5. The maximum absolute atomic E-state index is 11.8. The largest absolute Gasteiger partial charge is 0.465 e. The monoisotopic (exact) mass is 275 g/mol. The lowest BCUT2D eigenvalue weighted by Gasteiger charge is -2.08. The summed E-state index contributed by atoms with van der Waals surface area (Å²) in [5.74, 6) is -0.140. The maximum atomic E-state index is 11.8. The molecular formula is C14H17N3O3. The molecule has 0 aliphatic heterocycles. The summed E-state index contributed by atoms with van der Waals surface area (Å²) in [4.78, 5) is 20.2. The quantitative estimate of drug-likeness (QED) is 0.780. The summed E-state index contributed by atoms with van der Waals surface area (Å²) >= 11 is 0. The van der Waals surface area contributed by atoms with Crippen molar-refractivity contribution in [3.8, 4) is 11.4 Å². The number of ether oxygens (including phenoxy) is 1. The van der Waals surface area contributed by atoms with Gasteiger partial charge in [-0.25, -0.2) is 0 Å². The highest BCUT2D eigenvalue weighted by Gasteiger charge is 2.26. The molecule has 0 N–H and O–H groups in total. The molecule has 0 amide bonds. The second-order valence-corrected chi connectivity index (χ2v) is 4.36. The Morgan fingerprint density at radius 2 is 2.25 bits per heavy atom. The van der Waals surface area contributed by atoms with E-state index in [9.17, 15) is 4.79 Å². The Morgan fingerprint density at radius 3 is 2.90 bits per heavy atom. The van der Waals surface area contributed by atoms with Crippen molar-refractivity contribution in [2.24, 2.45) is 0 Å². The molecule has 2 aromatic heterocycles. The van der Waals surface area contributed by atoms with Crippen LogP contribution in [-0.4, -0.2) is 27.7 Å². The molecule has 106 valence electrons. The topological polar surface area (TPSA) is 78.1 Å². The van der Waals surface area contributed by atoms with Gasteiger partial charge >= 0.3 is 5.97 Å². The summed E-state index contributed by atoms with van der Waals surface area (Å²) < 4.78 is 10.2. The maximum Gasteiger partial charge on any atom is 0.318 e. The van der Waals surface area contributed by atoms with E-state index in [0.29, 0.717) is 18.9 Å². The zero-order valence-electron chi connectivity index (χ0n) is 11.8. The molecule has 0 radical (unpaired) electrons. The molecule has 1 unspecified atom stereocenters.